The van der Waals surface area contributed by atoms with Gasteiger partial charge in [-0.2, -0.15) is 0 Å². The predicted molar refractivity (Wildman–Crippen MR) is 61.9 cm³/mol. The highest BCUT2D eigenvalue weighted by molar-refractivity contribution is 5.90. The first kappa shape index (κ1) is 11.8. The third-order valence-corrected chi connectivity index (χ3v) is 2.67. The van der Waals surface area contributed by atoms with Crippen molar-refractivity contribution in [1.82, 2.24) is 5.32 Å². The van der Waals surface area contributed by atoms with Gasteiger partial charge in [0, 0.05) is 6.54 Å². The van der Waals surface area contributed by atoms with Gasteiger partial charge in [0.15, 0.2) is 0 Å². The molecule has 0 spiro atoms. The molecule has 1 N–H and O–H groups in total. The highest BCUT2D eigenvalue weighted by Gasteiger charge is 2.26. The average molecular weight is 235 g/mol. The van der Waals surface area contributed by atoms with Crippen LogP contribution in [0.3, 0.4) is 0 Å². The van der Waals surface area contributed by atoms with Gasteiger partial charge in [-0.15, -0.1) is 0 Å². The van der Waals surface area contributed by atoms with Gasteiger partial charge in [-0.3, -0.25) is 0 Å². The zero-order valence-electron chi connectivity index (χ0n) is 9.57. The van der Waals surface area contributed by atoms with Crippen LogP contribution in [0.25, 0.3) is 0 Å². The average Bonchev–Trinajstić information content (AvgIpc) is 2.79. The summed E-state index contributed by atoms with van der Waals surface area (Å²) in [4.78, 5) is 11.7. The van der Waals surface area contributed by atoms with Gasteiger partial charge in [0.1, 0.15) is 5.82 Å². The Morgan fingerprint density at radius 1 is 1.47 bits per heavy atom. The molecule has 1 aliphatic rings. The molecule has 1 heterocycles. The first-order valence-electron chi connectivity index (χ1n) is 5.58. The van der Waals surface area contributed by atoms with Crippen LogP contribution < -0.4 is 5.32 Å². The lowest BCUT2D eigenvalue weighted by Gasteiger charge is -2.15. The number of hydrogen-bond acceptors (Lipinski definition) is 3. The highest BCUT2D eigenvalue weighted by Crippen LogP contribution is 2.26. The minimum Gasteiger partial charge on any atom is -0.463 e. The van der Waals surface area contributed by atoms with Crippen molar-refractivity contribution in [3.8, 4) is 0 Å². The van der Waals surface area contributed by atoms with E-state index < -0.39 is 0 Å². The van der Waals surface area contributed by atoms with E-state index in [1.54, 1.807) is 19.1 Å². The largest absolute Gasteiger partial charge is 0.463 e. The van der Waals surface area contributed by atoms with Gasteiger partial charge in [-0.05, 0) is 24.6 Å². The number of rotatable bonds is 3. The monoisotopic (exact) mass is 235 g/mol. The van der Waals surface area contributed by atoms with Gasteiger partial charge in [0.05, 0.1) is 18.2 Å². The Bertz CT molecular complexity index is 439. The van der Waals surface area contributed by atoms with Gasteiger partial charge in [-0.25, -0.2) is 9.18 Å². The van der Waals surface area contributed by atoms with Crippen LogP contribution in [0.1, 0.15) is 18.5 Å². The van der Waals surface area contributed by atoms with Crippen molar-refractivity contribution >= 4 is 5.97 Å². The summed E-state index contributed by atoms with van der Waals surface area (Å²) in [7, 11) is 0. The number of benzene rings is 1. The molecule has 0 amide bonds. The Labute approximate surface area is 99.3 Å². The molecule has 0 aromatic heterocycles. The maximum absolute atomic E-state index is 12.8. The Kier molecular flexibility index (Phi) is 3.54. The third-order valence-electron chi connectivity index (χ3n) is 2.67. The molecule has 2 rings (SSSR count). The summed E-state index contributed by atoms with van der Waals surface area (Å²) in [6.07, 6.45) is 1.81. The van der Waals surface area contributed by atoms with Crippen molar-refractivity contribution in [2.75, 3.05) is 13.2 Å². The Morgan fingerprint density at radius 3 is 2.82 bits per heavy atom. The predicted octanol–water partition coefficient (Wildman–Crippen LogP) is 1.96. The summed E-state index contributed by atoms with van der Waals surface area (Å²) >= 11 is 0. The number of hydrogen-bond donors (Lipinski definition) is 1. The van der Waals surface area contributed by atoms with Crippen molar-refractivity contribution in [3.63, 3.8) is 0 Å². The summed E-state index contributed by atoms with van der Waals surface area (Å²) in [5, 5.41) is 3.17. The SMILES string of the molecule is CCOC(=O)C1=CCNC1c1ccc(F)cc1. The van der Waals surface area contributed by atoms with Gasteiger partial charge >= 0.3 is 5.97 Å². The summed E-state index contributed by atoms with van der Waals surface area (Å²) in [5.41, 5.74) is 1.46. The number of halogens is 1. The van der Waals surface area contributed by atoms with Crippen molar-refractivity contribution in [1.29, 1.82) is 0 Å². The summed E-state index contributed by atoms with van der Waals surface area (Å²) in [6.45, 7) is 2.75. The van der Waals surface area contributed by atoms with Crippen LogP contribution in [0.15, 0.2) is 35.9 Å². The molecule has 0 saturated heterocycles. The van der Waals surface area contributed by atoms with E-state index >= 15 is 0 Å². The summed E-state index contributed by atoms with van der Waals surface area (Å²) in [6, 6.07) is 5.92. The number of esters is 1. The van der Waals surface area contributed by atoms with Crippen molar-refractivity contribution in [2.24, 2.45) is 0 Å². The smallest absolute Gasteiger partial charge is 0.335 e. The van der Waals surface area contributed by atoms with E-state index in [9.17, 15) is 9.18 Å². The number of carbonyl (C=O) groups is 1. The van der Waals surface area contributed by atoms with E-state index in [-0.39, 0.29) is 17.8 Å². The van der Waals surface area contributed by atoms with Crippen molar-refractivity contribution < 1.29 is 13.9 Å². The molecule has 3 nitrogen and oxygen atoms in total. The molecule has 0 aliphatic carbocycles. The topological polar surface area (TPSA) is 38.3 Å². The number of carbonyl (C=O) groups excluding carboxylic acids is 1. The normalized spacial score (nSPS) is 18.9. The van der Waals surface area contributed by atoms with Crippen molar-refractivity contribution in [3.05, 3.63) is 47.3 Å². The van der Waals surface area contributed by atoms with Crippen LogP contribution in [0.2, 0.25) is 0 Å². The lowest BCUT2D eigenvalue weighted by molar-refractivity contribution is -0.138. The number of ether oxygens (including phenoxy) is 1. The molecular formula is C13H14FNO2. The van der Waals surface area contributed by atoms with E-state index in [0.29, 0.717) is 18.7 Å². The molecule has 90 valence electrons. The second kappa shape index (κ2) is 5.10. The van der Waals surface area contributed by atoms with Gasteiger partial charge in [-0.1, -0.05) is 18.2 Å². The first-order valence-corrected chi connectivity index (χ1v) is 5.58. The Balaban J connectivity index is 2.19. The van der Waals surface area contributed by atoms with Crippen LogP contribution in [0, 0.1) is 5.82 Å². The molecule has 1 aromatic rings. The standard InChI is InChI=1S/C13H14FNO2/c1-2-17-13(16)11-7-8-15-12(11)9-3-5-10(14)6-4-9/h3-7,12,15H,2,8H2,1H3. The van der Waals surface area contributed by atoms with Gasteiger partial charge in [0.2, 0.25) is 0 Å². The lowest BCUT2D eigenvalue weighted by Crippen LogP contribution is -2.21. The van der Waals surface area contributed by atoms with Gasteiger partial charge in [0.25, 0.3) is 0 Å². The molecular weight excluding hydrogens is 221 g/mol. The van der Waals surface area contributed by atoms with Crippen LogP contribution >= 0.6 is 0 Å². The molecule has 4 heteroatoms. The lowest BCUT2D eigenvalue weighted by atomic mass is 10.0. The quantitative estimate of drug-likeness (QED) is 0.814. The van der Waals surface area contributed by atoms with E-state index in [1.807, 2.05) is 6.08 Å². The van der Waals surface area contributed by atoms with Crippen molar-refractivity contribution in [2.45, 2.75) is 13.0 Å². The molecule has 1 atom stereocenters. The zero-order chi connectivity index (χ0) is 12.3. The van der Waals surface area contributed by atoms with E-state index in [4.69, 9.17) is 4.74 Å². The van der Waals surface area contributed by atoms with E-state index in [1.165, 1.54) is 12.1 Å². The van der Waals surface area contributed by atoms with E-state index in [2.05, 4.69) is 5.32 Å². The Morgan fingerprint density at radius 2 is 2.18 bits per heavy atom. The second-order valence-electron chi connectivity index (χ2n) is 3.77. The fourth-order valence-electron chi connectivity index (χ4n) is 1.88. The fraction of sp³-hybridized carbons (Fsp3) is 0.308. The molecule has 0 bridgehead atoms. The van der Waals surface area contributed by atoms with E-state index in [0.717, 1.165) is 5.56 Å². The Hall–Kier alpha value is -1.68. The molecule has 0 saturated carbocycles. The van der Waals surface area contributed by atoms with Crippen LogP contribution in [-0.2, 0) is 9.53 Å². The second-order valence-corrected chi connectivity index (χ2v) is 3.77. The third kappa shape index (κ3) is 2.53. The highest BCUT2D eigenvalue weighted by atomic mass is 19.1. The minimum atomic E-state index is -0.313. The zero-order valence-corrected chi connectivity index (χ0v) is 9.57. The van der Waals surface area contributed by atoms with Crippen LogP contribution in [-0.4, -0.2) is 19.1 Å². The fourth-order valence-corrected chi connectivity index (χ4v) is 1.88. The molecule has 1 aliphatic heterocycles. The molecule has 0 fully saturated rings. The minimum absolute atomic E-state index is 0.199. The maximum Gasteiger partial charge on any atom is 0.335 e. The maximum atomic E-state index is 12.8. The molecule has 1 aromatic carbocycles. The van der Waals surface area contributed by atoms with Crippen LogP contribution in [0.4, 0.5) is 4.39 Å². The molecule has 0 radical (unpaired) electrons. The van der Waals surface area contributed by atoms with Gasteiger partial charge < -0.3 is 10.1 Å². The summed E-state index contributed by atoms with van der Waals surface area (Å²) < 4.78 is 17.8. The van der Waals surface area contributed by atoms with Crippen LogP contribution in [0.5, 0.6) is 0 Å². The number of nitrogens with one attached hydrogen (secondary N) is 1. The summed E-state index contributed by atoms with van der Waals surface area (Å²) in [5.74, 6) is -0.597. The molecule has 1 unspecified atom stereocenters. The molecule has 17 heavy (non-hydrogen) atoms. The first-order chi connectivity index (χ1) is 8.22.